The molecule has 0 aliphatic rings. The van der Waals surface area contributed by atoms with Gasteiger partial charge in [-0.2, -0.15) is 0 Å². The third kappa shape index (κ3) is 3.01. The number of nitrogens with zero attached hydrogens (tertiary/aromatic N) is 2. The van der Waals surface area contributed by atoms with Crippen LogP contribution in [-0.2, 0) is 0 Å². The van der Waals surface area contributed by atoms with Crippen molar-refractivity contribution in [2.45, 2.75) is 6.92 Å². The molecule has 1 amide bonds. The van der Waals surface area contributed by atoms with Crippen LogP contribution in [0.4, 0.5) is 5.82 Å². The molecule has 0 radical (unpaired) electrons. The summed E-state index contributed by atoms with van der Waals surface area (Å²) >= 11 is 0. The average Bonchev–Trinajstić information content (AvgIpc) is 2.39. The number of anilines is 1. The first kappa shape index (κ1) is 11.1. The van der Waals surface area contributed by atoms with Gasteiger partial charge in [-0.15, -0.1) is 0 Å². The second kappa shape index (κ2) is 5.07. The van der Waals surface area contributed by atoms with Crippen LogP contribution in [0.1, 0.15) is 15.9 Å². The number of hydrazine groups is 1. The Labute approximate surface area is 98.9 Å². The number of amides is 1. The summed E-state index contributed by atoms with van der Waals surface area (Å²) in [6, 6.07) is 7.09. The van der Waals surface area contributed by atoms with E-state index in [1.807, 2.05) is 13.0 Å². The number of pyridine rings is 2. The molecule has 0 aliphatic heterocycles. The van der Waals surface area contributed by atoms with Gasteiger partial charge in [0.2, 0.25) is 0 Å². The van der Waals surface area contributed by atoms with E-state index in [4.69, 9.17) is 0 Å². The molecule has 0 unspecified atom stereocenters. The first-order valence-corrected chi connectivity index (χ1v) is 5.15. The van der Waals surface area contributed by atoms with Crippen LogP contribution in [0, 0.1) is 6.92 Å². The Balaban J connectivity index is 1.95. The number of nitrogens with one attached hydrogen (secondary N) is 2. The van der Waals surface area contributed by atoms with E-state index >= 15 is 0 Å². The Morgan fingerprint density at radius 1 is 1.24 bits per heavy atom. The Morgan fingerprint density at radius 3 is 2.76 bits per heavy atom. The van der Waals surface area contributed by atoms with Crippen molar-refractivity contribution < 1.29 is 4.79 Å². The number of hydrogen-bond acceptors (Lipinski definition) is 4. The molecule has 0 fully saturated rings. The van der Waals surface area contributed by atoms with Crippen molar-refractivity contribution in [3.63, 3.8) is 0 Å². The molecule has 2 aromatic heterocycles. The van der Waals surface area contributed by atoms with Crippen LogP contribution in [0.2, 0.25) is 0 Å². The summed E-state index contributed by atoms with van der Waals surface area (Å²) in [5.41, 5.74) is 6.83. The smallest absolute Gasteiger partial charge is 0.271 e. The van der Waals surface area contributed by atoms with E-state index in [9.17, 15) is 4.79 Å². The fourth-order valence-corrected chi connectivity index (χ4v) is 1.23. The monoisotopic (exact) mass is 228 g/mol. The van der Waals surface area contributed by atoms with E-state index in [0.29, 0.717) is 11.4 Å². The number of aryl methyl sites for hydroxylation is 1. The van der Waals surface area contributed by atoms with Gasteiger partial charge in [-0.1, -0.05) is 6.07 Å². The SMILES string of the molecule is Cc1ccc(NNC(=O)c2cccnc2)nc1. The second-order valence-electron chi connectivity index (χ2n) is 3.54. The molecule has 17 heavy (non-hydrogen) atoms. The Kier molecular flexibility index (Phi) is 3.30. The molecule has 2 rings (SSSR count). The summed E-state index contributed by atoms with van der Waals surface area (Å²) in [6.45, 7) is 1.95. The maximum absolute atomic E-state index is 11.6. The highest BCUT2D eigenvalue weighted by atomic mass is 16.2. The molecule has 5 heteroatoms. The molecule has 0 bridgehead atoms. The van der Waals surface area contributed by atoms with Crippen LogP contribution >= 0.6 is 0 Å². The summed E-state index contributed by atoms with van der Waals surface area (Å²) < 4.78 is 0. The maximum Gasteiger partial charge on any atom is 0.271 e. The van der Waals surface area contributed by atoms with Crippen LogP contribution in [-0.4, -0.2) is 15.9 Å². The summed E-state index contributed by atoms with van der Waals surface area (Å²) in [6.07, 6.45) is 4.84. The first-order valence-electron chi connectivity index (χ1n) is 5.15. The van der Waals surface area contributed by atoms with E-state index in [1.165, 1.54) is 6.20 Å². The Morgan fingerprint density at radius 2 is 2.12 bits per heavy atom. The summed E-state index contributed by atoms with van der Waals surface area (Å²) in [5, 5.41) is 0. The van der Waals surface area contributed by atoms with Crippen LogP contribution in [0.5, 0.6) is 0 Å². The lowest BCUT2D eigenvalue weighted by Crippen LogP contribution is -2.29. The lowest BCUT2D eigenvalue weighted by Gasteiger charge is -2.07. The number of carbonyl (C=O) groups excluding carboxylic acids is 1. The largest absolute Gasteiger partial charge is 0.282 e. The minimum Gasteiger partial charge on any atom is -0.282 e. The topological polar surface area (TPSA) is 66.9 Å². The molecule has 2 heterocycles. The fraction of sp³-hybridized carbons (Fsp3) is 0.0833. The van der Waals surface area contributed by atoms with Crippen LogP contribution < -0.4 is 10.9 Å². The lowest BCUT2D eigenvalue weighted by atomic mass is 10.3. The minimum atomic E-state index is -0.250. The molecule has 0 aliphatic carbocycles. The van der Waals surface area contributed by atoms with E-state index < -0.39 is 0 Å². The quantitative estimate of drug-likeness (QED) is 0.782. The highest BCUT2D eigenvalue weighted by Crippen LogP contribution is 2.02. The van der Waals surface area contributed by atoms with Crippen LogP contribution in [0.25, 0.3) is 0 Å². The molecule has 0 saturated carbocycles. The highest BCUT2D eigenvalue weighted by molar-refractivity contribution is 5.94. The van der Waals surface area contributed by atoms with Crippen molar-refractivity contribution in [1.82, 2.24) is 15.4 Å². The molecule has 2 N–H and O–H groups in total. The third-order valence-electron chi connectivity index (χ3n) is 2.14. The lowest BCUT2D eigenvalue weighted by molar-refractivity contribution is 0.0962. The molecule has 0 saturated heterocycles. The molecule has 0 aromatic carbocycles. The van der Waals surface area contributed by atoms with Gasteiger partial charge in [-0.05, 0) is 30.7 Å². The summed E-state index contributed by atoms with van der Waals surface area (Å²) in [7, 11) is 0. The number of rotatable bonds is 3. The summed E-state index contributed by atoms with van der Waals surface area (Å²) in [4.78, 5) is 19.6. The molecule has 5 nitrogen and oxygen atoms in total. The molecule has 2 aromatic rings. The van der Waals surface area contributed by atoms with Gasteiger partial charge in [0.15, 0.2) is 0 Å². The first-order chi connectivity index (χ1) is 8.25. The van der Waals surface area contributed by atoms with Crippen molar-refractivity contribution in [2.24, 2.45) is 0 Å². The molecule has 0 atom stereocenters. The number of carbonyl (C=O) groups is 1. The Hall–Kier alpha value is -2.43. The molecule has 86 valence electrons. The van der Waals surface area contributed by atoms with E-state index in [1.54, 1.807) is 30.6 Å². The molecular weight excluding hydrogens is 216 g/mol. The van der Waals surface area contributed by atoms with Crippen molar-refractivity contribution in [3.05, 3.63) is 54.0 Å². The third-order valence-corrected chi connectivity index (χ3v) is 2.14. The van der Waals surface area contributed by atoms with Crippen molar-refractivity contribution in [3.8, 4) is 0 Å². The minimum absolute atomic E-state index is 0.250. The van der Waals surface area contributed by atoms with Gasteiger partial charge in [-0.25, -0.2) is 4.98 Å². The van der Waals surface area contributed by atoms with Crippen molar-refractivity contribution in [2.75, 3.05) is 5.43 Å². The zero-order valence-corrected chi connectivity index (χ0v) is 9.34. The average molecular weight is 228 g/mol. The molecular formula is C12H12N4O. The zero-order chi connectivity index (χ0) is 12.1. The maximum atomic E-state index is 11.6. The van der Waals surface area contributed by atoms with Gasteiger partial charge in [0.25, 0.3) is 5.91 Å². The predicted molar refractivity (Wildman–Crippen MR) is 64.3 cm³/mol. The van der Waals surface area contributed by atoms with Gasteiger partial charge >= 0.3 is 0 Å². The zero-order valence-electron chi connectivity index (χ0n) is 9.34. The van der Waals surface area contributed by atoms with Crippen LogP contribution in [0.15, 0.2) is 42.9 Å². The summed E-state index contributed by atoms with van der Waals surface area (Å²) in [5.74, 6) is 0.341. The van der Waals surface area contributed by atoms with Gasteiger partial charge in [-0.3, -0.25) is 20.6 Å². The second-order valence-corrected chi connectivity index (χ2v) is 3.54. The van der Waals surface area contributed by atoms with Gasteiger partial charge in [0.1, 0.15) is 5.82 Å². The number of hydrogen-bond donors (Lipinski definition) is 2. The van der Waals surface area contributed by atoms with Crippen molar-refractivity contribution in [1.29, 1.82) is 0 Å². The Bertz CT molecular complexity index is 496. The van der Waals surface area contributed by atoms with Gasteiger partial charge < -0.3 is 0 Å². The fourth-order valence-electron chi connectivity index (χ4n) is 1.23. The van der Waals surface area contributed by atoms with E-state index in [2.05, 4.69) is 20.8 Å². The highest BCUT2D eigenvalue weighted by Gasteiger charge is 2.03. The van der Waals surface area contributed by atoms with Crippen molar-refractivity contribution >= 4 is 11.7 Å². The molecule has 0 spiro atoms. The van der Waals surface area contributed by atoms with Gasteiger partial charge in [0.05, 0.1) is 5.56 Å². The van der Waals surface area contributed by atoms with Gasteiger partial charge in [0, 0.05) is 18.6 Å². The predicted octanol–water partition coefficient (Wildman–Crippen LogP) is 1.54. The van der Waals surface area contributed by atoms with E-state index in [0.717, 1.165) is 5.56 Å². The number of aromatic nitrogens is 2. The van der Waals surface area contributed by atoms with Crippen LogP contribution in [0.3, 0.4) is 0 Å². The standard InChI is InChI=1S/C12H12N4O/c1-9-4-5-11(14-7-9)15-16-12(17)10-3-2-6-13-8-10/h2-8H,1H3,(H,14,15)(H,16,17). The van der Waals surface area contributed by atoms with E-state index in [-0.39, 0.29) is 5.91 Å². The normalized spacial score (nSPS) is 9.71.